The van der Waals surface area contributed by atoms with Crippen molar-refractivity contribution in [3.8, 4) is 0 Å². The van der Waals surface area contributed by atoms with Crippen molar-refractivity contribution in [1.29, 1.82) is 0 Å². The number of likely N-dealkylation sites (tertiary alicyclic amines) is 1. The smallest absolute Gasteiger partial charge is 0.245 e. The first kappa shape index (κ1) is 12.2. The summed E-state index contributed by atoms with van der Waals surface area (Å²) in [5.74, 6) is 0.719. The molecule has 0 aromatic carbocycles. The molecule has 0 saturated carbocycles. The molecule has 1 aliphatic heterocycles. The normalized spacial score (nSPS) is 17.3. The van der Waals surface area contributed by atoms with Crippen LogP contribution in [0.25, 0.3) is 0 Å². The second kappa shape index (κ2) is 3.95. The SMILES string of the molecule is C.C=CC(=O)N1CC(C(C)(C)C)C1. The minimum absolute atomic E-state index is 0. The molecule has 13 heavy (non-hydrogen) atoms. The van der Waals surface area contributed by atoms with Crippen LogP contribution < -0.4 is 0 Å². The van der Waals surface area contributed by atoms with E-state index in [-0.39, 0.29) is 13.3 Å². The van der Waals surface area contributed by atoms with Gasteiger partial charge in [0, 0.05) is 13.1 Å². The number of amides is 1. The third-order valence-corrected chi connectivity index (χ3v) is 2.59. The van der Waals surface area contributed by atoms with Gasteiger partial charge in [-0.2, -0.15) is 0 Å². The zero-order valence-electron chi connectivity index (χ0n) is 8.13. The minimum atomic E-state index is 0. The molecule has 0 aromatic rings. The monoisotopic (exact) mass is 183 g/mol. The Labute approximate surface area is 81.6 Å². The lowest BCUT2D eigenvalue weighted by Crippen LogP contribution is -2.54. The van der Waals surface area contributed by atoms with E-state index in [1.165, 1.54) is 6.08 Å². The molecule has 1 amide bonds. The molecule has 2 nitrogen and oxygen atoms in total. The van der Waals surface area contributed by atoms with Crippen LogP contribution in [0, 0.1) is 11.3 Å². The highest BCUT2D eigenvalue weighted by atomic mass is 16.2. The largest absolute Gasteiger partial charge is 0.338 e. The van der Waals surface area contributed by atoms with E-state index in [0.717, 1.165) is 13.1 Å². The molecule has 0 N–H and O–H groups in total. The summed E-state index contributed by atoms with van der Waals surface area (Å²) >= 11 is 0. The molecular formula is C11H21NO. The zero-order chi connectivity index (χ0) is 9.35. The molecular weight excluding hydrogens is 162 g/mol. The molecule has 0 aliphatic carbocycles. The molecule has 1 saturated heterocycles. The van der Waals surface area contributed by atoms with Crippen LogP contribution in [0.15, 0.2) is 12.7 Å². The lowest BCUT2D eigenvalue weighted by atomic mass is 9.76. The van der Waals surface area contributed by atoms with Gasteiger partial charge in [-0.3, -0.25) is 4.79 Å². The van der Waals surface area contributed by atoms with Crippen molar-refractivity contribution in [2.45, 2.75) is 28.2 Å². The first-order valence-electron chi connectivity index (χ1n) is 4.36. The van der Waals surface area contributed by atoms with Crippen LogP contribution in [-0.4, -0.2) is 23.9 Å². The predicted molar refractivity (Wildman–Crippen MR) is 56.5 cm³/mol. The van der Waals surface area contributed by atoms with E-state index in [1.54, 1.807) is 0 Å². The average Bonchev–Trinajstić information content (AvgIpc) is 1.80. The predicted octanol–water partition coefficient (Wildman–Crippen LogP) is 2.31. The second-order valence-corrected chi connectivity index (χ2v) is 4.51. The van der Waals surface area contributed by atoms with Crippen LogP contribution in [0.1, 0.15) is 28.2 Å². The molecule has 0 unspecified atom stereocenters. The summed E-state index contributed by atoms with van der Waals surface area (Å²) in [6.45, 7) is 11.9. The average molecular weight is 183 g/mol. The summed E-state index contributed by atoms with van der Waals surface area (Å²) in [6, 6.07) is 0. The number of nitrogens with zero attached hydrogens (tertiary/aromatic N) is 1. The number of rotatable bonds is 1. The maximum absolute atomic E-state index is 11.1. The molecule has 1 rings (SSSR count). The molecule has 0 aromatic heterocycles. The molecule has 0 bridgehead atoms. The topological polar surface area (TPSA) is 20.3 Å². The summed E-state index contributed by atoms with van der Waals surface area (Å²) < 4.78 is 0. The van der Waals surface area contributed by atoms with Crippen molar-refractivity contribution in [3.05, 3.63) is 12.7 Å². The van der Waals surface area contributed by atoms with Gasteiger partial charge in [0.2, 0.25) is 5.91 Å². The fourth-order valence-electron chi connectivity index (χ4n) is 1.34. The van der Waals surface area contributed by atoms with Crippen LogP contribution in [0.2, 0.25) is 0 Å². The Hall–Kier alpha value is -0.790. The van der Waals surface area contributed by atoms with E-state index in [2.05, 4.69) is 27.4 Å². The van der Waals surface area contributed by atoms with E-state index < -0.39 is 0 Å². The molecule has 2 heteroatoms. The third kappa shape index (κ3) is 2.58. The van der Waals surface area contributed by atoms with Gasteiger partial charge < -0.3 is 4.90 Å². The van der Waals surface area contributed by atoms with Crippen LogP contribution in [0.4, 0.5) is 0 Å². The van der Waals surface area contributed by atoms with Gasteiger partial charge in [-0.15, -0.1) is 0 Å². The Balaban J connectivity index is 0.00000144. The molecule has 0 radical (unpaired) electrons. The van der Waals surface area contributed by atoms with Crippen molar-refractivity contribution < 1.29 is 4.79 Å². The van der Waals surface area contributed by atoms with Gasteiger partial charge in [0.25, 0.3) is 0 Å². The summed E-state index contributed by atoms with van der Waals surface area (Å²) in [7, 11) is 0. The Morgan fingerprint density at radius 3 is 2.23 bits per heavy atom. The Bertz CT molecular complexity index is 197. The number of carbonyl (C=O) groups is 1. The first-order valence-corrected chi connectivity index (χ1v) is 4.36. The zero-order valence-corrected chi connectivity index (χ0v) is 8.13. The van der Waals surface area contributed by atoms with Crippen LogP contribution in [0.3, 0.4) is 0 Å². The van der Waals surface area contributed by atoms with E-state index in [1.807, 2.05) is 4.90 Å². The molecule has 0 atom stereocenters. The summed E-state index contributed by atoms with van der Waals surface area (Å²) in [5.41, 5.74) is 0.331. The van der Waals surface area contributed by atoms with Crippen molar-refractivity contribution in [3.63, 3.8) is 0 Å². The highest BCUT2D eigenvalue weighted by molar-refractivity contribution is 5.87. The number of carbonyl (C=O) groups excluding carboxylic acids is 1. The minimum Gasteiger partial charge on any atom is -0.338 e. The van der Waals surface area contributed by atoms with Crippen molar-refractivity contribution >= 4 is 5.91 Å². The maximum Gasteiger partial charge on any atom is 0.245 e. The van der Waals surface area contributed by atoms with Crippen molar-refractivity contribution in [1.82, 2.24) is 4.90 Å². The third-order valence-electron chi connectivity index (χ3n) is 2.59. The van der Waals surface area contributed by atoms with Crippen molar-refractivity contribution in [2.24, 2.45) is 11.3 Å². The highest BCUT2D eigenvalue weighted by Crippen LogP contribution is 2.33. The number of hydrogen-bond acceptors (Lipinski definition) is 1. The standard InChI is InChI=1S/C10H17NO.CH4/c1-5-9(12)11-6-8(7-11)10(2,3)4;/h5,8H,1,6-7H2,2-4H3;1H4. The maximum atomic E-state index is 11.1. The lowest BCUT2D eigenvalue weighted by molar-refractivity contribution is -0.134. The molecule has 1 fully saturated rings. The quantitative estimate of drug-likeness (QED) is 0.571. The van der Waals surface area contributed by atoms with Gasteiger partial charge in [0.1, 0.15) is 0 Å². The van der Waals surface area contributed by atoms with E-state index >= 15 is 0 Å². The highest BCUT2D eigenvalue weighted by Gasteiger charge is 2.37. The van der Waals surface area contributed by atoms with E-state index in [0.29, 0.717) is 11.3 Å². The Morgan fingerprint density at radius 2 is 1.92 bits per heavy atom. The van der Waals surface area contributed by atoms with E-state index in [9.17, 15) is 4.79 Å². The van der Waals surface area contributed by atoms with Crippen LogP contribution in [-0.2, 0) is 4.79 Å². The van der Waals surface area contributed by atoms with Crippen molar-refractivity contribution in [2.75, 3.05) is 13.1 Å². The van der Waals surface area contributed by atoms with Gasteiger partial charge in [0.05, 0.1) is 0 Å². The molecule has 1 aliphatic rings. The summed E-state index contributed by atoms with van der Waals surface area (Å²) in [6.07, 6.45) is 1.39. The Kier molecular flexibility index (Phi) is 3.71. The molecule has 1 heterocycles. The Morgan fingerprint density at radius 1 is 1.46 bits per heavy atom. The van der Waals surface area contributed by atoms with Crippen LogP contribution in [0.5, 0.6) is 0 Å². The van der Waals surface area contributed by atoms with Gasteiger partial charge in [-0.1, -0.05) is 34.8 Å². The van der Waals surface area contributed by atoms with Gasteiger partial charge in [0.15, 0.2) is 0 Å². The fourth-order valence-corrected chi connectivity index (χ4v) is 1.34. The number of hydrogen-bond donors (Lipinski definition) is 0. The fraction of sp³-hybridized carbons (Fsp3) is 0.727. The van der Waals surface area contributed by atoms with Gasteiger partial charge in [-0.05, 0) is 17.4 Å². The lowest BCUT2D eigenvalue weighted by Gasteiger charge is -2.45. The second-order valence-electron chi connectivity index (χ2n) is 4.51. The molecule has 0 spiro atoms. The molecule has 76 valence electrons. The van der Waals surface area contributed by atoms with Gasteiger partial charge in [-0.25, -0.2) is 0 Å². The van der Waals surface area contributed by atoms with Crippen LogP contribution >= 0.6 is 0 Å². The first-order chi connectivity index (χ1) is 5.45. The van der Waals surface area contributed by atoms with Gasteiger partial charge >= 0.3 is 0 Å². The summed E-state index contributed by atoms with van der Waals surface area (Å²) in [5, 5.41) is 0. The van der Waals surface area contributed by atoms with E-state index in [4.69, 9.17) is 0 Å². The summed E-state index contributed by atoms with van der Waals surface area (Å²) in [4.78, 5) is 12.9.